The number of nitrogens with zero attached hydrogens (tertiary/aromatic N) is 3. The Morgan fingerprint density at radius 1 is 1.08 bits per heavy atom. The quantitative estimate of drug-likeness (QED) is 0.767. The molecule has 0 amide bonds. The van der Waals surface area contributed by atoms with Crippen LogP contribution in [0.2, 0.25) is 0 Å². The summed E-state index contributed by atoms with van der Waals surface area (Å²) in [5.74, 6) is 0. The van der Waals surface area contributed by atoms with Gasteiger partial charge >= 0.3 is 0 Å². The molecule has 1 N–H and O–H groups in total. The summed E-state index contributed by atoms with van der Waals surface area (Å²) in [6.07, 6.45) is 2.42. The molecule has 1 aliphatic heterocycles. The van der Waals surface area contributed by atoms with E-state index in [1.807, 2.05) is 17.9 Å². The summed E-state index contributed by atoms with van der Waals surface area (Å²) in [7, 11) is 1.97. The van der Waals surface area contributed by atoms with E-state index < -0.39 is 0 Å². The van der Waals surface area contributed by atoms with Crippen molar-refractivity contribution < 1.29 is 4.74 Å². The highest BCUT2D eigenvalue weighted by atomic mass is 16.5. The number of rotatable bonds is 3. The number of fused-ring (bicyclic) bond motifs is 1. The molecule has 136 valence electrons. The van der Waals surface area contributed by atoms with Gasteiger partial charge in [0.15, 0.2) is 0 Å². The van der Waals surface area contributed by atoms with E-state index in [9.17, 15) is 0 Å². The van der Waals surface area contributed by atoms with Crippen LogP contribution in [-0.4, -0.2) is 35.1 Å². The molecule has 1 fully saturated rings. The van der Waals surface area contributed by atoms with Gasteiger partial charge < -0.3 is 15.0 Å². The Bertz CT molecular complexity index is 923. The maximum Gasteiger partial charge on any atom is 0.0726 e. The molecule has 0 bridgehead atoms. The number of benzene rings is 2. The van der Waals surface area contributed by atoms with Crippen LogP contribution in [0.15, 0.2) is 42.6 Å². The lowest BCUT2D eigenvalue weighted by Gasteiger charge is -2.37. The monoisotopic (exact) mass is 350 g/mol. The number of aromatic nitrogens is 2. The molecular formula is C21H26N4O. The molecule has 0 saturated carbocycles. The average molecular weight is 350 g/mol. The van der Waals surface area contributed by atoms with Crippen LogP contribution in [-0.2, 0) is 11.8 Å². The molecule has 2 atom stereocenters. The van der Waals surface area contributed by atoms with E-state index in [0.29, 0.717) is 0 Å². The van der Waals surface area contributed by atoms with Crippen LogP contribution in [0.5, 0.6) is 0 Å². The standard InChI is InChI=1S/C21H26N4O/c1-14-9-19(25-12-15(2)26-16(3)13-25)7-8-20(14)23-18-6-5-17-11-22-24(4)21(17)10-18/h5-11,15-16,23H,12-13H2,1-4H3. The van der Waals surface area contributed by atoms with E-state index in [-0.39, 0.29) is 12.2 Å². The van der Waals surface area contributed by atoms with Crippen molar-refractivity contribution in [2.45, 2.75) is 33.0 Å². The largest absolute Gasteiger partial charge is 0.372 e. The van der Waals surface area contributed by atoms with Crippen LogP contribution >= 0.6 is 0 Å². The molecule has 1 aromatic heterocycles. The maximum absolute atomic E-state index is 5.85. The lowest BCUT2D eigenvalue weighted by atomic mass is 10.1. The van der Waals surface area contributed by atoms with Crippen molar-refractivity contribution in [1.82, 2.24) is 9.78 Å². The summed E-state index contributed by atoms with van der Waals surface area (Å²) in [6, 6.07) is 13.0. The van der Waals surface area contributed by atoms with E-state index in [2.05, 4.69) is 72.5 Å². The Morgan fingerprint density at radius 3 is 2.58 bits per heavy atom. The Labute approximate surface area is 154 Å². The fourth-order valence-electron chi connectivity index (χ4n) is 3.75. The predicted octanol–water partition coefficient (Wildman–Crippen LogP) is 4.24. The van der Waals surface area contributed by atoms with Gasteiger partial charge in [-0.3, -0.25) is 4.68 Å². The zero-order valence-corrected chi connectivity index (χ0v) is 15.9. The van der Waals surface area contributed by atoms with Crippen molar-refractivity contribution in [2.75, 3.05) is 23.3 Å². The SMILES string of the molecule is Cc1cc(N2CC(C)OC(C)C2)ccc1Nc1ccc2cnn(C)c2c1. The Hall–Kier alpha value is -2.53. The zero-order valence-electron chi connectivity index (χ0n) is 15.9. The second kappa shape index (κ2) is 6.65. The van der Waals surface area contributed by atoms with E-state index in [1.165, 1.54) is 11.3 Å². The molecule has 1 saturated heterocycles. The number of hydrogen-bond acceptors (Lipinski definition) is 4. The molecule has 2 heterocycles. The molecule has 1 aliphatic rings. The summed E-state index contributed by atoms with van der Waals surface area (Å²) < 4.78 is 7.75. The highest BCUT2D eigenvalue weighted by Gasteiger charge is 2.22. The zero-order chi connectivity index (χ0) is 18.3. The summed E-state index contributed by atoms with van der Waals surface area (Å²) >= 11 is 0. The number of nitrogens with one attached hydrogen (secondary N) is 1. The maximum atomic E-state index is 5.85. The number of morpholine rings is 1. The van der Waals surface area contributed by atoms with Crippen molar-refractivity contribution in [3.05, 3.63) is 48.2 Å². The lowest BCUT2D eigenvalue weighted by Crippen LogP contribution is -2.45. The van der Waals surface area contributed by atoms with Gasteiger partial charge in [-0.15, -0.1) is 0 Å². The second-order valence-corrected chi connectivity index (χ2v) is 7.33. The van der Waals surface area contributed by atoms with Crippen LogP contribution in [0.4, 0.5) is 17.1 Å². The van der Waals surface area contributed by atoms with Gasteiger partial charge in [0.1, 0.15) is 0 Å². The number of ether oxygens (including phenoxy) is 1. The van der Waals surface area contributed by atoms with E-state index in [0.717, 1.165) is 35.4 Å². The third-order valence-electron chi connectivity index (χ3n) is 5.02. The van der Waals surface area contributed by atoms with E-state index >= 15 is 0 Å². The molecule has 4 rings (SSSR count). The summed E-state index contributed by atoms with van der Waals surface area (Å²) in [5.41, 5.74) is 5.83. The Kier molecular flexibility index (Phi) is 4.32. The van der Waals surface area contributed by atoms with Gasteiger partial charge in [-0.25, -0.2) is 0 Å². The van der Waals surface area contributed by atoms with Crippen molar-refractivity contribution in [3.63, 3.8) is 0 Å². The van der Waals surface area contributed by atoms with Crippen LogP contribution in [0.3, 0.4) is 0 Å². The van der Waals surface area contributed by atoms with Crippen LogP contribution in [0.25, 0.3) is 10.9 Å². The lowest BCUT2D eigenvalue weighted by molar-refractivity contribution is -0.00521. The summed E-state index contributed by atoms with van der Waals surface area (Å²) in [4.78, 5) is 2.41. The third kappa shape index (κ3) is 3.27. The van der Waals surface area contributed by atoms with E-state index in [4.69, 9.17) is 4.74 Å². The first-order valence-electron chi connectivity index (χ1n) is 9.19. The predicted molar refractivity (Wildman–Crippen MR) is 107 cm³/mol. The van der Waals surface area contributed by atoms with Crippen molar-refractivity contribution in [3.8, 4) is 0 Å². The van der Waals surface area contributed by atoms with Gasteiger partial charge in [0, 0.05) is 42.6 Å². The summed E-state index contributed by atoms with van der Waals surface area (Å²) in [5, 5.41) is 9.01. The minimum absolute atomic E-state index is 0.266. The first kappa shape index (κ1) is 16.9. The van der Waals surface area contributed by atoms with Gasteiger partial charge in [-0.2, -0.15) is 5.10 Å². The molecule has 3 aromatic rings. The molecule has 2 unspecified atom stereocenters. The highest BCUT2D eigenvalue weighted by molar-refractivity contribution is 5.83. The molecule has 0 radical (unpaired) electrons. The normalized spacial score (nSPS) is 20.5. The molecule has 26 heavy (non-hydrogen) atoms. The van der Waals surface area contributed by atoms with Gasteiger partial charge in [0.05, 0.1) is 23.9 Å². The minimum Gasteiger partial charge on any atom is -0.372 e. The minimum atomic E-state index is 0.266. The van der Waals surface area contributed by atoms with E-state index in [1.54, 1.807) is 0 Å². The third-order valence-corrected chi connectivity index (χ3v) is 5.02. The summed E-state index contributed by atoms with van der Waals surface area (Å²) in [6.45, 7) is 8.31. The Morgan fingerprint density at radius 2 is 1.85 bits per heavy atom. The first-order valence-corrected chi connectivity index (χ1v) is 9.19. The molecule has 2 aromatic carbocycles. The number of anilines is 3. The number of aryl methyl sites for hydroxylation is 2. The molecule has 5 heteroatoms. The topological polar surface area (TPSA) is 42.3 Å². The fraction of sp³-hybridized carbons (Fsp3) is 0.381. The van der Waals surface area contributed by atoms with Gasteiger partial charge in [-0.05, 0) is 62.7 Å². The van der Waals surface area contributed by atoms with Crippen molar-refractivity contribution in [2.24, 2.45) is 7.05 Å². The van der Waals surface area contributed by atoms with Crippen molar-refractivity contribution in [1.29, 1.82) is 0 Å². The van der Waals surface area contributed by atoms with Crippen LogP contribution < -0.4 is 10.2 Å². The highest BCUT2D eigenvalue weighted by Crippen LogP contribution is 2.28. The fourth-order valence-corrected chi connectivity index (χ4v) is 3.75. The average Bonchev–Trinajstić information content (AvgIpc) is 2.97. The molecule has 0 spiro atoms. The second-order valence-electron chi connectivity index (χ2n) is 7.33. The van der Waals surface area contributed by atoms with Crippen LogP contribution in [0.1, 0.15) is 19.4 Å². The molecule has 5 nitrogen and oxygen atoms in total. The molecular weight excluding hydrogens is 324 g/mol. The van der Waals surface area contributed by atoms with Gasteiger partial charge in [0.2, 0.25) is 0 Å². The smallest absolute Gasteiger partial charge is 0.0726 e. The van der Waals surface area contributed by atoms with Crippen molar-refractivity contribution >= 4 is 28.0 Å². The van der Waals surface area contributed by atoms with Gasteiger partial charge in [0.25, 0.3) is 0 Å². The Balaban J connectivity index is 1.56. The first-order chi connectivity index (χ1) is 12.5. The van der Waals surface area contributed by atoms with Gasteiger partial charge in [-0.1, -0.05) is 0 Å². The molecule has 0 aliphatic carbocycles. The van der Waals surface area contributed by atoms with Crippen LogP contribution in [0, 0.1) is 6.92 Å². The number of hydrogen-bond donors (Lipinski definition) is 1.